The maximum absolute atomic E-state index is 11.9. The average Bonchev–Trinajstić information content (AvgIpc) is 2.65. The maximum atomic E-state index is 11.9. The van der Waals surface area contributed by atoms with E-state index in [0.29, 0.717) is 5.69 Å². The van der Waals surface area contributed by atoms with Gasteiger partial charge in [-0.1, -0.05) is 24.3 Å². The van der Waals surface area contributed by atoms with E-state index in [1.165, 1.54) is 6.21 Å². The van der Waals surface area contributed by atoms with E-state index in [-0.39, 0.29) is 0 Å². The van der Waals surface area contributed by atoms with Gasteiger partial charge < -0.3 is 10.2 Å². The Morgan fingerprint density at radius 2 is 1.69 bits per heavy atom. The normalized spacial score (nSPS) is 10.6. The van der Waals surface area contributed by atoms with Crippen molar-refractivity contribution in [2.24, 2.45) is 5.10 Å². The Morgan fingerprint density at radius 3 is 2.31 bits per heavy atom. The van der Waals surface area contributed by atoms with E-state index in [4.69, 9.17) is 0 Å². The molecule has 136 valence electrons. The summed E-state index contributed by atoms with van der Waals surface area (Å²) in [5.41, 5.74) is 4.79. The minimum Gasteiger partial charge on any atom is -0.372 e. The molecular weight excluding hydrogens is 443 g/mol. The van der Waals surface area contributed by atoms with Gasteiger partial charge in [-0.25, -0.2) is 5.43 Å². The minimum atomic E-state index is -0.819. The van der Waals surface area contributed by atoms with E-state index in [1.807, 2.05) is 36.4 Å². The molecule has 2 rings (SSSR count). The molecule has 0 unspecified atom stereocenters. The van der Waals surface area contributed by atoms with Crippen LogP contribution < -0.4 is 15.6 Å². The van der Waals surface area contributed by atoms with E-state index >= 15 is 0 Å². The zero-order chi connectivity index (χ0) is 18.9. The van der Waals surface area contributed by atoms with Crippen LogP contribution in [-0.4, -0.2) is 31.1 Å². The van der Waals surface area contributed by atoms with Gasteiger partial charge in [0, 0.05) is 22.3 Å². The zero-order valence-electron chi connectivity index (χ0n) is 14.7. The molecule has 26 heavy (non-hydrogen) atoms. The predicted molar refractivity (Wildman–Crippen MR) is 114 cm³/mol. The summed E-state index contributed by atoms with van der Waals surface area (Å²) >= 11 is 2.09. The van der Waals surface area contributed by atoms with Gasteiger partial charge in [-0.05, 0) is 66.3 Å². The first-order valence-corrected chi connectivity index (χ1v) is 9.37. The molecule has 0 aliphatic rings. The molecule has 2 aromatic carbocycles. The number of rotatable bonds is 6. The number of hydrogen-bond donors (Lipinski definition) is 2. The van der Waals surface area contributed by atoms with Crippen molar-refractivity contribution in [1.29, 1.82) is 0 Å². The Morgan fingerprint density at radius 1 is 1.04 bits per heavy atom. The molecule has 0 aliphatic carbocycles. The van der Waals surface area contributed by atoms with Gasteiger partial charge in [0.2, 0.25) is 0 Å². The van der Waals surface area contributed by atoms with Crippen molar-refractivity contribution in [2.75, 3.05) is 23.3 Å². The van der Waals surface area contributed by atoms with Gasteiger partial charge in [-0.2, -0.15) is 5.10 Å². The lowest BCUT2D eigenvalue weighted by atomic mass is 10.2. The van der Waals surface area contributed by atoms with Crippen molar-refractivity contribution in [3.05, 3.63) is 57.7 Å². The van der Waals surface area contributed by atoms with Crippen LogP contribution in [0, 0.1) is 3.57 Å². The largest absolute Gasteiger partial charge is 0.372 e. The zero-order valence-corrected chi connectivity index (χ0v) is 16.9. The Labute approximate surface area is 166 Å². The number of benzene rings is 2. The highest BCUT2D eigenvalue weighted by molar-refractivity contribution is 14.1. The lowest BCUT2D eigenvalue weighted by Crippen LogP contribution is -2.32. The highest BCUT2D eigenvalue weighted by Crippen LogP contribution is 2.16. The third kappa shape index (κ3) is 5.55. The Kier molecular flexibility index (Phi) is 7.58. The second-order valence-corrected chi connectivity index (χ2v) is 6.56. The molecule has 2 aromatic rings. The van der Waals surface area contributed by atoms with Gasteiger partial charge in [-0.3, -0.25) is 9.59 Å². The van der Waals surface area contributed by atoms with E-state index in [9.17, 15) is 9.59 Å². The highest BCUT2D eigenvalue weighted by atomic mass is 127. The van der Waals surface area contributed by atoms with Crippen molar-refractivity contribution in [1.82, 2.24) is 5.43 Å². The molecule has 7 heteroatoms. The predicted octanol–water partition coefficient (Wildman–Crippen LogP) is 3.23. The van der Waals surface area contributed by atoms with Crippen molar-refractivity contribution < 1.29 is 9.59 Å². The highest BCUT2D eigenvalue weighted by Gasteiger charge is 2.13. The number of halogens is 1. The van der Waals surface area contributed by atoms with Crippen LogP contribution in [0.15, 0.2) is 53.6 Å². The number of anilines is 2. The molecule has 2 amide bonds. The summed E-state index contributed by atoms with van der Waals surface area (Å²) in [6, 6.07) is 15.0. The van der Waals surface area contributed by atoms with Crippen molar-refractivity contribution in [3.8, 4) is 0 Å². The number of nitrogens with zero attached hydrogens (tertiary/aromatic N) is 2. The number of carbonyl (C=O) groups excluding carboxylic acids is 2. The fourth-order valence-corrected chi connectivity index (χ4v) is 2.84. The topological polar surface area (TPSA) is 73.8 Å². The lowest BCUT2D eigenvalue weighted by molar-refractivity contribution is -0.136. The van der Waals surface area contributed by atoms with Crippen LogP contribution in [0.25, 0.3) is 0 Å². The second-order valence-electron chi connectivity index (χ2n) is 5.40. The first-order valence-electron chi connectivity index (χ1n) is 8.29. The summed E-state index contributed by atoms with van der Waals surface area (Å²) in [5.74, 6) is -1.58. The Balaban J connectivity index is 1.90. The average molecular weight is 464 g/mol. The summed E-state index contributed by atoms with van der Waals surface area (Å²) in [4.78, 5) is 25.9. The molecule has 0 aromatic heterocycles. The van der Waals surface area contributed by atoms with Crippen LogP contribution in [0.4, 0.5) is 11.4 Å². The van der Waals surface area contributed by atoms with Crippen molar-refractivity contribution >= 4 is 52.0 Å². The first-order chi connectivity index (χ1) is 12.5. The number of hydrazone groups is 1. The summed E-state index contributed by atoms with van der Waals surface area (Å²) in [6.07, 6.45) is 1.50. The number of nitrogens with one attached hydrogen (secondary N) is 2. The van der Waals surface area contributed by atoms with Gasteiger partial charge in [0.05, 0.1) is 11.9 Å². The number of amides is 2. The van der Waals surface area contributed by atoms with Gasteiger partial charge in [0.15, 0.2) is 0 Å². The summed E-state index contributed by atoms with van der Waals surface area (Å²) < 4.78 is 0.850. The van der Waals surface area contributed by atoms with E-state index < -0.39 is 11.8 Å². The van der Waals surface area contributed by atoms with E-state index in [1.54, 1.807) is 12.1 Å². The summed E-state index contributed by atoms with van der Waals surface area (Å²) in [6.45, 7) is 6.09. The monoisotopic (exact) mass is 464 g/mol. The fourth-order valence-electron chi connectivity index (χ4n) is 2.32. The third-order valence-corrected chi connectivity index (χ3v) is 4.67. The smallest absolute Gasteiger partial charge is 0.329 e. The van der Waals surface area contributed by atoms with Gasteiger partial charge in [0.1, 0.15) is 0 Å². The standard InChI is InChI=1S/C19H21IN4O2/c1-3-24(4-2)15-11-9-14(10-12-15)13-21-23-19(26)18(25)22-17-8-6-5-7-16(17)20/h5-13H,3-4H2,1-2H3,(H,22,25)(H,23,26)/b21-13-. The van der Waals surface area contributed by atoms with Gasteiger partial charge in [0.25, 0.3) is 0 Å². The van der Waals surface area contributed by atoms with Crippen molar-refractivity contribution in [2.45, 2.75) is 13.8 Å². The molecule has 6 nitrogen and oxygen atoms in total. The number of para-hydroxylation sites is 1. The number of hydrogen-bond acceptors (Lipinski definition) is 4. The molecular formula is C19H21IN4O2. The van der Waals surface area contributed by atoms with Crippen LogP contribution in [0.1, 0.15) is 19.4 Å². The van der Waals surface area contributed by atoms with Crippen molar-refractivity contribution in [3.63, 3.8) is 0 Å². The fraction of sp³-hybridized carbons (Fsp3) is 0.211. The van der Waals surface area contributed by atoms with Crippen LogP contribution in [0.3, 0.4) is 0 Å². The molecule has 0 atom stereocenters. The molecule has 0 heterocycles. The minimum absolute atomic E-state index is 0.587. The Hall–Kier alpha value is -2.42. The molecule has 0 radical (unpaired) electrons. The van der Waals surface area contributed by atoms with Gasteiger partial charge in [-0.15, -0.1) is 0 Å². The SMILES string of the molecule is CCN(CC)c1ccc(/C=N\NC(=O)C(=O)Nc2ccccc2I)cc1. The molecule has 0 fully saturated rings. The summed E-state index contributed by atoms with van der Waals surface area (Å²) in [7, 11) is 0. The molecule has 0 aliphatic heterocycles. The van der Waals surface area contributed by atoms with E-state index in [2.05, 4.69) is 57.2 Å². The molecule has 0 bridgehead atoms. The summed E-state index contributed by atoms with van der Waals surface area (Å²) in [5, 5.41) is 6.39. The van der Waals surface area contributed by atoms with Gasteiger partial charge >= 0.3 is 11.8 Å². The molecule has 0 saturated heterocycles. The van der Waals surface area contributed by atoms with Crippen LogP contribution in [0.5, 0.6) is 0 Å². The third-order valence-electron chi connectivity index (χ3n) is 3.73. The molecule has 0 saturated carbocycles. The first kappa shape index (κ1) is 19.9. The Bertz CT molecular complexity index is 786. The molecule has 2 N–H and O–H groups in total. The maximum Gasteiger partial charge on any atom is 0.329 e. The lowest BCUT2D eigenvalue weighted by Gasteiger charge is -2.20. The molecule has 0 spiro atoms. The van der Waals surface area contributed by atoms with E-state index in [0.717, 1.165) is 27.9 Å². The second kappa shape index (κ2) is 9.91. The van der Waals surface area contributed by atoms with Crippen LogP contribution in [0.2, 0.25) is 0 Å². The number of carbonyl (C=O) groups is 2. The van der Waals surface area contributed by atoms with Crippen LogP contribution >= 0.6 is 22.6 Å². The van der Waals surface area contributed by atoms with Crippen LogP contribution in [-0.2, 0) is 9.59 Å². The quantitative estimate of drug-likeness (QED) is 0.299.